The molecule has 0 saturated carbocycles. The Balaban J connectivity index is 2.29. The summed E-state index contributed by atoms with van der Waals surface area (Å²) < 4.78 is 10.7. The number of benzene rings is 1. The van der Waals surface area contributed by atoms with Crippen molar-refractivity contribution in [1.82, 2.24) is 0 Å². The summed E-state index contributed by atoms with van der Waals surface area (Å²) in [6, 6.07) is 5.85. The average Bonchev–Trinajstić information content (AvgIpc) is 2.77. The van der Waals surface area contributed by atoms with Crippen molar-refractivity contribution in [3.8, 4) is 5.75 Å². The van der Waals surface area contributed by atoms with Crippen LogP contribution in [0.15, 0.2) is 18.2 Å². The molecule has 1 aliphatic heterocycles. The van der Waals surface area contributed by atoms with Crippen molar-refractivity contribution in [2.45, 2.75) is 25.9 Å². The number of ether oxygens (including phenoxy) is 2. The molecule has 86 valence electrons. The lowest BCUT2D eigenvalue weighted by Crippen LogP contribution is -2.13. The number of hydrogen-bond donors (Lipinski definition) is 0. The van der Waals surface area contributed by atoms with Crippen molar-refractivity contribution < 1.29 is 14.3 Å². The van der Waals surface area contributed by atoms with Crippen LogP contribution in [0.1, 0.15) is 30.6 Å². The van der Waals surface area contributed by atoms with Gasteiger partial charge >= 0.3 is 0 Å². The van der Waals surface area contributed by atoms with E-state index in [-0.39, 0.29) is 5.78 Å². The predicted molar refractivity (Wildman–Crippen MR) is 60.7 cm³/mol. The Bertz CT molecular complexity index is 398. The number of carbonyl (C=O) groups is 1. The van der Waals surface area contributed by atoms with Crippen LogP contribution in [0, 0.1) is 0 Å². The zero-order chi connectivity index (χ0) is 11.5. The molecule has 0 amide bonds. The predicted octanol–water partition coefficient (Wildman–Crippen LogP) is 2.29. The van der Waals surface area contributed by atoms with Crippen LogP contribution in [0.4, 0.5) is 0 Å². The molecule has 16 heavy (non-hydrogen) atoms. The first kappa shape index (κ1) is 11.1. The van der Waals surface area contributed by atoms with E-state index in [0.717, 1.165) is 24.3 Å². The molecule has 3 nitrogen and oxygen atoms in total. The topological polar surface area (TPSA) is 35.5 Å². The quantitative estimate of drug-likeness (QED) is 0.781. The van der Waals surface area contributed by atoms with E-state index in [0.29, 0.717) is 6.42 Å². The lowest BCUT2D eigenvalue weighted by Gasteiger charge is -2.14. The molecule has 0 radical (unpaired) electrons. The fourth-order valence-corrected chi connectivity index (χ4v) is 2.01. The molecule has 0 aliphatic carbocycles. The summed E-state index contributed by atoms with van der Waals surface area (Å²) in [6.45, 7) is 2.59. The standard InChI is InChI=1S/C13H16O3/c1-3-11(14)13(15-2)10-4-5-12-9(8-10)6-7-16-12/h4-5,8,13H,3,6-7H2,1-2H3. The molecule has 1 atom stereocenters. The fourth-order valence-electron chi connectivity index (χ4n) is 2.01. The Labute approximate surface area is 95.4 Å². The molecule has 2 rings (SSSR count). The van der Waals surface area contributed by atoms with Crippen molar-refractivity contribution >= 4 is 5.78 Å². The number of Topliss-reactive ketones (excluding diaryl/α,β-unsaturated/α-hetero) is 1. The molecule has 1 aromatic carbocycles. The van der Waals surface area contributed by atoms with Crippen LogP contribution in [-0.4, -0.2) is 19.5 Å². The van der Waals surface area contributed by atoms with Crippen LogP contribution >= 0.6 is 0 Å². The molecule has 1 heterocycles. The molecule has 0 fully saturated rings. The fraction of sp³-hybridized carbons (Fsp3) is 0.462. The first-order valence-corrected chi connectivity index (χ1v) is 5.57. The maximum Gasteiger partial charge on any atom is 0.165 e. The van der Waals surface area contributed by atoms with Gasteiger partial charge in [0.05, 0.1) is 6.61 Å². The highest BCUT2D eigenvalue weighted by Gasteiger charge is 2.21. The highest BCUT2D eigenvalue weighted by Crippen LogP contribution is 2.29. The van der Waals surface area contributed by atoms with Crippen LogP contribution in [-0.2, 0) is 16.0 Å². The maximum atomic E-state index is 11.7. The lowest BCUT2D eigenvalue weighted by molar-refractivity contribution is -0.128. The second kappa shape index (κ2) is 4.66. The van der Waals surface area contributed by atoms with Gasteiger partial charge in [-0.05, 0) is 23.3 Å². The van der Waals surface area contributed by atoms with Gasteiger partial charge in [-0.3, -0.25) is 4.79 Å². The zero-order valence-electron chi connectivity index (χ0n) is 9.66. The third-order valence-corrected chi connectivity index (χ3v) is 2.89. The van der Waals surface area contributed by atoms with Gasteiger partial charge in [0, 0.05) is 20.0 Å². The minimum atomic E-state index is -0.434. The van der Waals surface area contributed by atoms with Gasteiger partial charge < -0.3 is 9.47 Å². The summed E-state index contributed by atoms with van der Waals surface area (Å²) in [7, 11) is 1.57. The summed E-state index contributed by atoms with van der Waals surface area (Å²) >= 11 is 0. The molecule has 0 N–H and O–H groups in total. The van der Waals surface area contributed by atoms with E-state index in [1.165, 1.54) is 5.56 Å². The molecule has 1 aliphatic rings. The maximum absolute atomic E-state index is 11.7. The van der Waals surface area contributed by atoms with E-state index in [4.69, 9.17) is 9.47 Å². The van der Waals surface area contributed by atoms with E-state index in [2.05, 4.69) is 0 Å². The molecular weight excluding hydrogens is 204 g/mol. The van der Waals surface area contributed by atoms with Gasteiger partial charge in [-0.25, -0.2) is 0 Å². The van der Waals surface area contributed by atoms with Crippen LogP contribution in [0.25, 0.3) is 0 Å². The molecular formula is C13H16O3. The monoisotopic (exact) mass is 220 g/mol. The van der Waals surface area contributed by atoms with Crippen molar-refractivity contribution in [2.24, 2.45) is 0 Å². The average molecular weight is 220 g/mol. The molecule has 1 aromatic rings. The molecule has 0 bridgehead atoms. The van der Waals surface area contributed by atoms with E-state index in [1.54, 1.807) is 7.11 Å². The number of carbonyl (C=O) groups excluding carboxylic acids is 1. The highest BCUT2D eigenvalue weighted by atomic mass is 16.5. The van der Waals surface area contributed by atoms with Gasteiger partial charge in [-0.15, -0.1) is 0 Å². The Morgan fingerprint density at radius 3 is 3.06 bits per heavy atom. The van der Waals surface area contributed by atoms with Crippen molar-refractivity contribution in [2.75, 3.05) is 13.7 Å². The SMILES string of the molecule is CCC(=O)C(OC)c1ccc2c(c1)CCO2. The van der Waals surface area contributed by atoms with Crippen LogP contribution in [0.3, 0.4) is 0 Å². The lowest BCUT2D eigenvalue weighted by atomic mass is 10.0. The number of methoxy groups -OCH3 is 1. The van der Waals surface area contributed by atoms with Crippen molar-refractivity contribution in [1.29, 1.82) is 0 Å². The Hall–Kier alpha value is -1.35. The third-order valence-electron chi connectivity index (χ3n) is 2.89. The van der Waals surface area contributed by atoms with E-state index in [9.17, 15) is 4.79 Å². The summed E-state index contributed by atoms with van der Waals surface area (Å²) in [5.74, 6) is 1.05. The molecule has 0 aromatic heterocycles. The first-order valence-electron chi connectivity index (χ1n) is 5.57. The minimum absolute atomic E-state index is 0.112. The number of hydrogen-bond acceptors (Lipinski definition) is 3. The summed E-state index contributed by atoms with van der Waals surface area (Å²) in [4.78, 5) is 11.7. The smallest absolute Gasteiger partial charge is 0.165 e. The Kier molecular flexibility index (Phi) is 3.25. The second-order valence-corrected chi connectivity index (χ2v) is 3.90. The zero-order valence-corrected chi connectivity index (χ0v) is 9.66. The highest BCUT2D eigenvalue weighted by molar-refractivity contribution is 5.84. The van der Waals surface area contributed by atoms with E-state index < -0.39 is 6.10 Å². The van der Waals surface area contributed by atoms with Gasteiger partial charge in [0.1, 0.15) is 11.9 Å². The van der Waals surface area contributed by atoms with Crippen molar-refractivity contribution in [3.05, 3.63) is 29.3 Å². The van der Waals surface area contributed by atoms with Crippen LogP contribution in [0.5, 0.6) is 5.75 Å². The second-order valence-electron chi connectivity index (χ2n) is 3.90. The first-order chi connectivity index (χ1) is 7.76. The van der Waals surface area contributed by atoms with Gasteiger partial charge in [0.2, 0.25) is 0 Å². The van der Waals surface area contributed by atoms with E-state index in [1.807, 2.05) is 25.1 Å². The summed E-state index contributed by atoms with van der Waals surface area (Å²) in [5, 5.41) is 0. The minimum Gasteiger partial charge on any atom is -0.493 e. The third kappa shape index (κ3) is 1.95. The van der Waals surface area contributed by atoms with Gasteiger partial charge in [0.25, 0.3) is 0 Å². The number of ketones is 1. The van der Waals surface area contributed by atoms with Crippen molar-refractivity contribution in [3.63, 3.8) is 0 Å². The van der Waals surface area contributed by atoms with Crippen LogP contribution in [0.2, 0.25) is 0 Å². The largest absolute Gasteiger partial charge is 0.493 e. The summed E-state index contributed by atoms with van der Waals surface area (Å²) in [5.41, 5.74) is 2.10. The summed E-state index contributed by atoms with van der Waals surface area (Å²) in [6.07, 6.45) is 0.974. The van der Waals surface area contributed by atoms with Crippen LogP contribution < -0.4 is 4.74 Å². The van der Waals surface area contributed by atoms with Gasteiger partial charge in [-0.2, -0.15) is 0 Å². The molecule has 3 heteroatoms. The Morgan fingerprint density at radius 2 is 2.38 bits per heavy atom. The van der Waals surface area contributed by atoms with Gasteiger partial charge in [0.15, 0.2) is 5.78 Å². The van der Waals surface area contributed by atoms with Gasteiger partial charge in [-0.1, -0.05) is 13.0 Å². The molecule has 1 unspecified atom stereocenters. The number of rotatable bonds is 4. The molecule has 0 saturated heterocycles. The Morgan fingerprint density at radius 1 is 1.56 bits per heavy atom. The normalized spacial score (nSPS) is 15.4. The number of fused-ring (bicyclic) bond motifs is 1. The van der Waals surface area contributed by atoms with E-state index >= 15 is 0 Å². The molecule has 0 spiro atoms.